The van der Waals surface area contributed by atoms with Gasteiger partial charge in [-0.25, -0.2) is 0 Å². The van der Waals surface area contributed by atoms with Crippen LogP contribution in [-0.4, -0.2) is 42.5 Å². The number of methoxy groups -OCH3 is 1. The zero-order valence-electron chi connectivity index (χ0n) is 15.4. The first kappa shape index (κ1) is 18.0. The Morgan fingerprint density at radius 2 is 2.07 bits per heavy atom. The van der Waals surface area contributed by atoms with Crippen LogP contribution in [-0.2, 0) is 11.2 Å². The van der Waals surface area contributed by atoms with E-state index in [0.29, 0.717) is 18.8 Å². The van der Waals surface area contributed by atoms with Crippen molar-refractivity contribution < 1.29 is 14.3 Å². The number of nitrogens with zero attached hydrogens (tertiary/aromatic N) is 1. The normalized spacial score (nSPS) is 23.4. The Balaban J connectivity index is 1.30. The molecule has 1 aromatic heterocycles. The number of nitrogens with one attached hydrogen (secondary N) is 1. The third-order valence-corrected chi connectivity index (χ3v) is 6.59. The van der Waals surface area contributed by atoms with E-state index in [1.54, 1.807) is 7.11 Å². The van der Waals surface area contributed by atoms with Crippen molar-refractivity contribution in [3.8, 4) is 5.75 Å². The number of carbonyl (C=O) groups is 2. The molecule has 2 fully saturated rings. The summed E-state index contributed by atoms with van der Waals surface area (Å²) in [6.07, 6.45) is 3.04. The number of benzene rings is 1. The molecule has 2 bridgehead atoms. The number of aryl methyl sites for hydroxylation is 1. The number of fused-ring (bicyclic) bond motifs is 2. The number of amides is 2. The maximum Gasteiger partial charge on any atom is 0.261 e. The minimum atomic E-state index is 0.0107. The van der Waals surface area contributed by atoms with Crippen molar-refractivity contribution >= 4 is 23.2 Å². The standard InChI is InChI=1S/C21H24N2O3S/c1-26-18-6-3-2-5-14(18)8-9-20(24)23-13-15-11-16(23)12-17(15)22-21(25)19-7-4-10-27-19/h2-7,10,15-17H,8-9,11-13H2,1H3,(H,22,25)/t15-,16-,17-/m0/s1. The molecule has 27 heavy (non-hydrogen) atoms. The molecule has 3 atom stereocenters. The summed E-state index contributed by atoms with van der Waals surface area (Å²) in [6, 6.07) is 12.0. The summed E-state index contributed by atoms with van der Waals surface area (Å²) in [4.78, 5) is 27.8. The lowest BCUT2D eigenvalue weighted by Gasteiger charge is -2.32. The molecule has 2 aliphatic rings. The molecule has 142 valence electrons. The van der Waals surface area contributed by atoms with Crippen LogP contribution in [0.3, 0.4) is 0 Å². The summed E-state index contributed by atoms with van der Waals surface area (Å²) in [7, 11) is 1.66. The second-order valence-electron chi connectivity index (χ2n) is 7.30. The fraction of sp³-hybridized carbons (Fsp3) is 0.429. The highest BCUT2D eigenvalue weighted by Gasteiger charge is 2.46. The van der Waals surface area contributed by atoms with Gasteiger partial charge < -0.3 is 15.0 Å². The highest BCUT2D eigenvalue weighted by atomic mass is 32.1. The van der Waals surface area contributed by atoms with Crippen molar-refractivity contribution in [3.63, 3.8) is 0 Å². The van der Waals surface area contributed by atoms with Crippen molar-refractivity contribution in [1.82, 2.24) is 10.2 Å². The summed E-state index contributed by atoms with van der Waals surface area (Å²) in [6.45, 7) is 0.755. The molecule has 2 aromatic rings. The topological polar surface area (TPSA) is 58.6 Å². The predicted octanol–water partition coefficient (Wildman–Crippen LogP) is 3.11. The van der Waals surface area contributed by atoms with Gasteiger partial charge in [-0.2, -0.15) is 0 Å². The van der Waals surface area contributed by atoms with Crippen LogP contribution in [0.5, 0.6) is 5.75 Å². The van der Waals surface area contributed by atoms with Crippen molar-refractivity contribution in [2.75, 3.05) is 13.7 Å². The third kappa shape index (κ3) is 3.72. The second kappa shape index (κ2) is 7.72. The highest BCUT2D eigenvalue weighted by Crippen LogP contribution is 2.38. The van der Waals surface area contributed by atoms with Gasteiger partial charge in [0.15, 0.2) is 0 Å². The molecule has 1 saturated heterocycles. The van der Waals surface area contributed by atoms with E-state index in [-0.39, 0.29) is 23.9 Å². The van der Waals surface area contributed by atoms with Crippen LogP contribution in [0.25, 0.3) is 0 Å². The number of thiophene rings is 1. The number of carbonyl (C=O) groups excluding carboxylic acids is 2. The zero-order chi connectivity index (χ0) is 18.8. The molecule has 2 heterocycles. The van der Waals surface area contributed by atoms with E-state index >= 15 is 0 Å². The quantitative estimate of drug-likeness (QED) is 0.833. The van der Waals surface area contributed by atoms with Gasteiger partial charge in [0.1, 0.15) is 5.75 Å². The monoisotopic (exact) mass is 384 g/mol. The lowest BCUT2D eigenvalue weighted by Crippen LogP contribution is -2.47. The maximum atomic E-state index is 12.7. The largest absolute Gasteiger partial charge is 0.496 e. The lowest BCUT2D eigenvalue weighted by molar-refractivity contribution is -0.132. The Kier molecular flexibility index (Phi) is 5.16. The molecule has 0 spiro atoms. The van der Waals surface area contributed by atoms with E-state index < -0.39 is 0 Å². The molecule has 1 aliphatic heterocycles. The minimum Gasteiger partial charge on any atom is -0.496 e. The van der Waals surface area contributed by atoms with E-state index in [1.807, 2.05) is 46.7 Å². The highest BCUT2D eigenvalue weighted by molar-refractivity contribution is 7.12. The van der Waals surface area contributed by atoms with Gasteiger partial charge in [0, 0.05) is 25.0 Å². The van der Waals surface area contributed by atoms with Gasteiger partial charge in [-0.05, 0) is 48.3 Å². The fourth-order valence-electron chi connectivity index (χ4n) is 4.38. The third-order valence-electron chi connectivity index (χ3n) is 5.72. The van der Waals surface area contributed by atoms with Crippen LogP contribution in [0.1, 0.15) is 34.5 Å². The number of hydrogen-bond donors (Lipinski definition) is 1. The average Bonchev–Trinajstić information content (AvgIpc) is 3.43. The Morgan fingerprint density at radius 3 is 2.78 bits per heavy atom. The molecular formula is C21H24N2O3S. The fourth-order valence-corrected chi connectivity index (χ4v) is 5.00. The van der Waals surface area contributed by atoms with Crippen LogP contribution >= 0.6 is 11.3 Å². The molecule has 2 amide bonds. The van der Waals surface area contributed by atoms with Crippen LogP contribution in [0.15, 0.2) is 41.8 Å². The Bertz CT molecular complexity index is 821. The van der Waals surface area contributed by atoms with Gasteiger partial charge in [-0.3, -0.25) is 9.59 Å². The van der Waals surface area contributed by atoms with Gasteiger partial charge in [-0.15, -0.1) is 11.3 Å². The first-order chi connectivity index (χ1) is 13.2. The number of para-hydroxylation sites is 1. The van der Waals surface area contributed by atoms with Gasteiger partial charge in [0.2, 0.25) is 5.91 Å². The van der Waals surface area contributed by atoms with E-state index in [4.69, 9.17) is 4.74 Å². The first-order valence-corrected chi connectivity index (χ1v) is 10.3. The molecule has 1 aliphatic carbocycles. The number of piperidine rings is 1. The minimum absolute atomic E-state index is 0.0107. The molecule has 5 nitrogen and oxygen atoms in total. The Labute approximate surface area is 163 Å². The summed E-state index contributed by atoms with van der Waals surface area (Å²) in [5, 5.41) is 5.08. The summed E-state index contributed by atoms with van der Waals surface area (Å²) < 4.78 is 5.37. The predicted molar refractivity (Wildman–Crippen MR) is 105 cm³/mol. The molecule has 1 N–H and O–H groups in total. The molecular weight excluding hydrogens is 360 g/mol. The number of likely N-dealkylation sites (tertiary alicyclic amines) is 1. The van der Waals surface area contributed by atoms with Crippen LogP contribution < -0.4 is 10.1 Å². The lowest BCUT2D eigenvalue weighted by atomic mass is 10.0. The smallest absolute Gasteiger partial charge is 0.261 e. The molecule has 1 saturated carbocycles. The average molecular weight is 385 g/mol. The van der Waals surface area contributed by atoms with Gasteiger partial charge in [0.25, 0.3) is 5.91 Å². The molecule has 0 unspecified atom stereocenters. The zero-order valence-corrected chi connectivity index (χ0v) is 16.2. The van der Waals surface area contributed by atoms with Crippen molar-refractivity contribution in [3.05, 3.63) is 52.2 Å². The Morgan fingerprint density at radius 1 is 1.22 bits per heavy atom. The molecule has 4 rings (SSSR count). The van der Waals surface area contributed by atoms with Gasteiger partial charge in [-0.1, -0.05) is 24.3 Å². The molecule has 0 radical (unpaired) electrons. The van der Waals surface area contributed by atoms with Gasteiger partial charge >= 0.3 is 0 Å². The maximum absolute atomic E-state index is 12.7. The second-order valence-corrected chi connectivity index (χ2v) is 8.25. The SMILES string of the molecule is COc1ccccc1CCC(=O)N1C[C@@H]2C[C@H]1C[C@@H]2NC(=O)c1cccs1. The van der Waals surface area contributed by atoms with E-state index in [9.17, 15) is 9.59 Å². The van der Waals surface area contributed by atoms with Crippen molar-refractivity contribution in [2.45, 2.75) is 37.8 Å². The number of hydrogen-bond acceptors (Lipinski definition) is 4. The van der Waals surface area contributed by atoms with Crippen LogP contribution in [0.2, 0.25) is 0 Å². The van der Waals surface area contributed by atoms with Crippen LogP contribution in [0.4, 0.5) is 0 Å². The van der Waals surface area contributed by atoms with Gasteiger partial charge in [0.05, 0.1) is 12.0 Å². The summed E-state index contributed by atoms with van der Waals surface area (Å²) >= 11 is 1.46. The van der Waals surface area contributed by atoms with Crippen LogP contribution in [0, 0.1) is 5.92 Å². The Hall–Kier alpha value is -2.34. The molecule has 6 heteroatoms. The summed E-state index contributed by atoms with van der Waals surface area (Å²) in [5.41, 5.74) is 1.07. The number of ether oxygens (including phenoxy) is 1. The van der Waals surface area contributed by atoms with E-state index in [1.165, 1.54) is 11.3 Å². The van der Waals surface area contributed by atoms with Crippen molar-refractivity contribution in [1.29, 1.82) is 0 Å². The number of rotatable bonds is 6. The van der Waals surface area contributed by atoms with E-state index in [2.05, 4.69) is 5.32 Å². The molecule has 1 aromatic carbocycles. The summed E-state index contributed by atoms with van der Waals surface area (Å²) in [5.74, 6) is 1.42. The first-order valence-electron chi connectivity index (χ1n) is 9.41. The van der Waals surface area contributed by atoms with E-state index in [0.717, 1.165) is 35.6 Å². The van der Waals surface area contributed by atoms with Crippen molar-refractivity contribution in [2.24, 2.45) is 5.92 Å².